The van der Waals surface area contributed by atoms with Crippen molar-refractivity contribution in [1.82, 2.24) is 0 Å². The van der Waals surface area contributed by atoms with Crippen LogP contribution in [0.5, 0.6) is 0 Å². The van der Waals surface area contributed by atoms with Crippen LogP contribution in [0.25, 0.3) is 0 Å². The second-order valence-corrected chi connectivity index (χ2v) is 6.17. The maximum atomic E-state index is 5.87. The molecule has 0 radical (unpaired) electrons. The van der Waals surface area contributed by atoms with E-state index in [4.69, 9.17) is 12.2 Å². The average molecular weight is 293 g/mol. The number of rotatable bonds is 3. The van der Waals surface area contributed by atoms with Crippen LogP contribution in [0.2, 0.25) is 0 Å². The molecule has 3 rings (SSSR count). The summed E-state index contributed by atoms with van der Waals surface area (Å²) in [4.78, 5) is 3.10. The van der Waals surface area contributed by atoms with Crippen molar-refractivity contribution in [2.45, 2.75) is 18.8 Å². The summed E-state index contributed by atoms with van der Waals surface area (Å²) in [5, 5.41) is 0. The summed E-state index contributed by atoms with van der Waals surface area (Å²) in [5.41, 5.74) is 4.61. The molecule has 1 aliphatic heterocycles. The number of likely N-dealkylation sites (N-methyl/N-ethyl adjacent to an activating group) is 1. The van der Waals surface area contributed by atoms with Gasteiger partial charge < -0.3 is 4.90 Å². The van der Waals surface area contributed by atoms with E-state index in [1.807, 2.05) is 6.07 Å². The lowest BCUT2D eigenvalue weighted by molar-refractivity contribution is 0.697. The molecule has 0 aromatic heterocycles. The Morgan fingerprint density at radius 2 is 1.71 bits per heavy atom. The standard InChI is InChI=1S/C19H19NS/c1-14(2)13-19(15-9-5-4-6-10-15)16-11-7-8-12-17(16)20(3)18(19)21/h4-12H,1,13H2,2-3H3/t19-/m0/s1. The Hall–Kier alpha value is -1.93. The number of benzene rings is 2. The molecule has 0 amide bonds. The first-order valence-corrected chi connectivity index (χ1v) is 7.56. The molecule has 1 aliphatic rings. The maximum absolute atomic E-state index is 5.87. The van der Waals surface area contributed by atoms with Crippen molar-refractivity contribution in [3.05, 3.63) is 77.9 Å². The fourth-order valence-electron chi connectivity index (χ4n) is 3.37. The Balaban J connectivity index is 2.31. The van der Waals surface area contributed by atoms with Gasteiger partial charge in [0.15, 0.2) is 0 Å². The van der Waals surface area contributed by atoms with Crippen LogP contribution in [0, 0.1) is 0 Å². The minimum atomic E-state index is -0.270. The third-order valence-electron chi connectivity index (χ3n) is 4.23. The zero-order valence-corrected chi connectivity index (χ0v) is 13.3. The summed E-state index contributed by atoms with van der Waals surface area (Å²) >= 11 is 5.87. The topological polar surface area (TPSA) is 3.24 Å². The molecular weight excluding hydrogens is 274 g/mol. The summed E-state index contributed by atoms with van der Waals surface area (Å²) in [6.07, 6.45) is 0.844. The van der Waals surface area contributed by atoms with Crippen molar-refractivity contribution in [1.29, 1.82) is 0 Å². The van der Waals surface area contributed by atoms with Crippen molar-refractivity contribution >= 4 is 22.9 Å². The van der Waals surface area contributed by atoms with E-state index in [0.29, 0.717) is 0 Å². The lowest BCUT2D eigenvalue weighted by Crippen LogP contribution is -2.38. The fourth-order valence-corrected chi connectivity index (χ4v) is 3.76. The van der Waals surface area contributed by atoms with Gasteiger partial charge >= 0.3 is 0 Å². The molecule has 0 saturated carbocycles. The second kappa shape index (κ2) is 5.12. The van der Waals surface area contributed by atoms with Gasteiger partial charge in [-0.1, -0.05) is 66.3 Å². The highest BCUT2D eigenvalue weighted by molar-refractivity contribution is 7.80. The van der Waals surface area contributed by atoms with Crippen LogP contribution in [0.4, 0.5) is 5.69 Å². The lowest BCUT2D eigenvalue weighted by atomic mass is 9.72. The van der Waals surface area contributed by atoms with Gasteiger partial charge in [0.05, 0.1) is 10.4 Å². The maximum Gasteiger partial charge on any atom is 0.0977 e. The monoisotopic (exact) mass is 293 g/mol. The largest absolute Gasteiger partial charge is 0.338 e. The summed E-state index contributed by atoms with van der Waals surface area (Å²) in [5.74, 6) is 0. The van der Waals surface area contributed by atoms with E-state index in [1.54, 1.807) is 0 Å². The van der Waals surface area contributed by atoms with E-state index in [1.165, 1.54) is 16.8 Å². The lowest BCUT2D eigenvalue weighted by Gasteiger charge is -2.32. The molecule has 0 saturated heterocycles. The van der Waals surface area contributed by atoms with Crippen molar-refractivity contribution < 1.29 is 0 Å². The molecule has 0 aliphatic carbocycles. The molecule has 0 spiro atoms. The summed E-state index contributed by atoms with van der Waals surface area (Å²) < 4.78 is 0. The zero-order chi connectivity index (χ0) is 15.0. The van der Waals surface area contributed by atoms with Crippen LogP contribution in [0.15, 0.2) is 66.7 Å². The summed E-state index contributed by atoms with van der Waals surface area (Å²) in [7, 11) is 2.06. The van der Waals surface area contributed by atoms with Gasteiger partial charge in [-0.2, -0.15) is 0 Å². The average Bonchev–Trinajstić information content (AvgIpc) is 2.71. The van der Waals surface area contributed by atoms with Gasteiger partial charge in [0.2, 0.25) is 0 Å². The highest BCUT2D eigenvalue weighted by Gasteiger charge is 2.47. The number of para-hydroxylation sites is 1. The summed E-state index contributed by atoms with van der Waals surface area (Å²) in [6.45, 7) is 6.22. The number of fused-ring (bicyclic) bond motifs is 1. The number of hydrogen-bond donors (Lipinski definition) is 0. The number of nitrogens with zero attached hydrogens (tertiary/aromatic N) is 1. The van der Waals surface area contributed by atoms with Gasteiger partial charge in [0.25, 0.3) is 0 Å². The van der Waals surface area contributed by atoms with Crippen LogP contribution in [-0.2, 0) is 5.41 Å². The van der Waals surface area contributed by atoms with Gasteiger partial charge in [0, 0.05) is 12.7 Å². The molecule has 0 bridgehead atoms. The SMILES string of the molecule is C=C(C)C[C@@]1(c2ccccc2)C(=S)N(C)c2ccccc21. The third-order valence-corrected chi connectivity index (χ3v) is 4.85. The van der Waals surface area contributed by atoms with E-state index >= 15 is 0 Å². The van der Waals surface area contributed by atoms with Crippen molar-refractivity contribution in [3.8, 4) is 0 Å². The minimum Gasteiger partial charge on any atom is -0.338 e. The van der Waals surface area contributed by atoms with Gasteiger partial charge in [-0.05, 0) is 30.5 Å². The quantitative estimate of drug-likeness (QED) is 0.595. The Morgan fingerprint density at radius 1 is 1.10 bits per heavy atom. The fraction of sp³-hybridized carbons (Fsp3) is 0.211. The smallest absolute Gasteiger partial charge is 0.0977 e. The first kappa shape index (κ1) is 14.0. The normalized spacial score (nSPS) is 20.5. The Labute approximate surface area is 131 Å². The van der Waals surface area contributed by atoms with Crippen molar-refractivity contribution in [3.63, 3.8) is 0 Å². The van der Waals surface area contributed by atoms with Crippen molar-refractivity contribution in [2.75, 3.05) is 11.9 Å². The van der Waals surface area contributed by atoms with Crippen LogP contribution >= 0.6 is 12.2 Å². The predicted octanol–water partition coefficient (Wildman–Crippen LogP) is 4.72. The van der Waals surface area contributed by atoms with Gasteiger partial charge in [-0.15, -0.1) is 6.58 Å². The second-order valence-electron chi connectivity index (χ2n) is 5.79. The Bertz CT molecular complexity index is 705. The van der Waals surface area contributed by atoms with Crippen LogP contribution in [0.1, 0.15) is 24.5 Å². The molecule has 2 aromatic carbocycles. The van der Waals surface area contributed by atoms with E-state index in [9.17, 15) is 0 Å². The molecule has 1 heterocycles. The predicted molar refractivity (Wildman–Crippen MR) is 94.1 cm³/mol. The van der Waals surface area contributed by atoms with Gasteiger partial charge in [0.1, 0.15) is 0 Å². The Kier molecular flexibility index (Phi) is 3.42. The van der Waals surface area contributed by atoms with E-state index in [2.05, 4.69) is 74.0 Å². The molecule has 0 fully saturated rings. The number of anilines is 1. The molecule has 21 heavy (non-hydrogen) atoms. The molecule has 106 valence electrons. The zero-order valence-electron chi connectivity index (χ0n) is 12.5. The van der Waals surface area contributed by atoms with E-state index < -0.39 is 0 Å². The molecule has 0 unspecified atom stereocenters. The third kappa shape index (κ3) is 2.02. The number of allylic oxidation sites excluding steroid dienone is 1. The molecule has 2 aromatic rings. The van der Waals surface area contributed by atoms with Crippen molar-refractivity contribution in [2.24, 2.45) is 0 Å². The van der Waals surface area contributed by atoms with E-state index in [-0.39, 0.29) is 5.41 Å². The van der Waals surface area contributed by atoms with Gasteiger partial charge in [-0.25, -0.2) is 0 Å². The molecule has 1 atom stereocenters. The summed E-state index contributed by atoms with van der Waals surface area (Å²) in [6, 6.07) is 19.1. The highest BCUT2D eigenvalue weighted by atomic mass is 32.1. The van der Waals surface area contributed by atoms with E-state index in [0.717, 1.165) is 17.0 Å². The van der Waals surface area contributed by atoms with Crippen LogP contribution < -0.4 is 4.90 Å². The molecule has 2 heteroatoms. The highest BCUT2D eigenvalue weighted by Crippen LogP contribution is 2.49. The molecular formula is C19H19NS. The van der Waals surface area contributed by atoms with Crippen LogP contribution in [0.3, 0.4) is 0 Å². The van der Waals surface area contributed by atoms with Crippen LogP contribution in [-0.4, -0.2) is 12.0 Å². The Morgan fingerprint density at radius 3 is 2.38 bits per heavy atom. The molecule has 0 N–H and O–H groups in total. The van der Waals surface area contributed by atoms with Gasteiger partial charge in [-0.3, -0.25) is 0 Å². The number of hydrogen-bond acceptors (Lipinski definition) is 1. The minimum absolute atomic E-state index is 0.270. The first-order chi connectivity index (χ1) is 10.1. The first-order valence-electron chi connectivity index (χ1n) is 7.15. The number of thiocarbonyl (C=S) groups is 1. The molecule has 1 nitrogen and oxygen atoms in total.